The maximum absolute atomic E-state index is 12.1. The summed E-state index contributed by atoms with van der Waals surface area (Å²) in [7, 11) is 0. The lowest BCUT2D eigenvalue weighted by Crippen LogP contribution is -2.33. The number of rotatable bonds is 5. The Bertz CT molecular complexity index is 749. The first-order valence-corrected chi connectivity index (χ1v) is 8.07. The van der Waals surface area contributed by atoms with E-state index in [1.165, 1.54) is 5.56 Å². The fourth-order valence-corrected chi connectivity index (χ4v) is 2.62. The van der Waals surface area contributed by atoms with Crippen molar-refractivity contribution >= 4 is 23.7 Å². The quantitative estimate of drug-likeness (QED) is 0.653. The van der Waals surface area contributed by atoms with Crippen molar-refractivity contribution in [3.8, 4) is 5.75 Å². The number of nitrogens with one attached hydrogen (secondary N) is 1. The van der Waals surface area contributed by atoms with E-state index >= 15 is 0 Å². The normalized spacial score (nSPS) is 12.2. The molecule has 0 aliphatic rings. The first kappa shape index (κ1) is 18.0. The molecule has 0 aromatic heterocycles. The number of hydrogen-bond donors (Lipinski definition) is 1. The molecule has 0 saturated heterocycles. The molecule has 24 heavy (non-hydrogen) atoms. The molecule has 0 aliphatic heterocycles. The highest BCUT2D eigenvalue weighted by Gasteiger charge is 2.14. The van der Waals surface area contributed by atoms with Gasteiger partial charge in [-0.05, 0) is 57.0 Å². The molecule has 0 bridgehead atoms. The lowest BCUT2D eigenvalue weighted by Gasteiger charge is -2.13. The smallest absolute Gasteiger partial charge is 0.280 e. The number of aryl methyl sites for hydroxylation is 3. The third-order valence-corrected chi connectivity index (χ3v) is 3.82. The Morgan fingerprint density at radius 3 is 2.50 bits per heavy atom. The summed E-state index contributed by atoms with van der Waals surface area (Å²) in [5.74, 6) is 0.216. The van der Waals surface area contributed by atoms with Gasteiger partial charge in [0.15, 0.2) is 6.10 Å². The van der Waals surface area contributed by atoms with Crippen molar-refractivity contribution in [1.29, 1.82) is 0 Å². The third-order valence-electron chi connectivity index (χ3n) is 3.58. The van der Waals surface area contributed by atoms with Crippen LogP contribution in [0.5, 0.6) is 5.75 Å². The van der Waals surface area contributed by atoms with Gasteiger partial charge in [-0.1, -0.05) is 35.4 Å². The van der Waals surface area contributed by atoms with E-state index in [2.05, 4.69) is 29.6 Å². The number of carbonyl (C=O) groups is 1. The number of amides is 1. The van der Waals surface area contributed by atoms with Crippen LogP contribution in [0.25, 0.3) is 0 Å². The second-order valence-electron chi connectivity index (χ2n) is 5.76. The highest BCUT2D eigenvalue weighted by molar-refractivity contribution is 6.30. The first-order chi connectivity index (χ1) is 11.4. The van der Waals surface area contributed by atoms with Crippen LogP contribution in [0.3, 0.4) is 0 Å². The number of hydrazone groups is 1. The van der Waals surface area contributed by atoms with Crippen molar-refractivity contribution in [1.82, 2.24) is 5.43 Å². The van der Waals surface area contributed by atoms with Gasteiger partial charge in [0.2, 0.25) is 0 Å². The lowest BCUT2D eigenvalue weighted by atomic mass is 10.0. The van der Waals surface area contributed by atoms with Gasteiger partial charge >= 0.3 is 0 Å². The minimum absolute atomic E-state index is 0.325. The van der Waals surface area contributed by atoms with Crippen LogP contribution in [0, 0.1) is 20.8 Å². The molecule has 0 heterocycles. The topological polar surface area (TPSA) is 50.7 Å². The molecule has 4 nitrogen and oxygen atoms in total. The molecular weight excluding hydrogens is 324 g/mol. The Kier molecular flexibility index (Phi) is 5.99. The van der Waals surface area contributed by atoms with Crippen LogP contribution < -0.4 is 10.2 Å². The minimum Gasteiger partial charge on any atom is -0.481 e. The van der Waals surface area contributed by atoms with E-state index in [0.29, 0.717) is 10.8 Å². The summed E-state index contributed by atoms with van der Waals surface area (Å²) in [6, 6.07) is 11.1. The van der Waals surface area contributed by atoms with Crippen molar-refractivity contribution in [2.75, 3.05) is 0 Å². The molecule has 2 aromatic rings. The van der Waals surface area contributed by atoms with Crippen LogP contribution in [0.2, 0.25) is 5.02 Å². The molecule has 2 aromatic carbocycles. The average molecular weight is 345 g/mol. The summed E-state index contributed by atoms with van der Waals surface area (Å²) >= 11 is 5.90. The molecule has 1 unspecified atom stereocenters. The average Bonchev–Trinajstić information content (AvgIpc) is 2.49. The van der Waals surface area contributed by atoms with Crippen molar-refractivity contribution < 1.29 is 9.53 Å². The summed E-state index contributed by atoms with van der Waals surface area (Å²) in [6.07, 6.45) is 0.981. The summed E-state index contributed by atoms with van der Waals surface area (Å²) in [6.45, 7) is 7.76. The summed E-state index contributed by atoms with van der Waals surface area (Å²) in [5.41, 5.74) is 6.95. The largest absolute Gasteiger partial charge is 0.481 e. The third kappa shape index (κ3) is 4.83. The highest BCUT2D eigenvalue weighted by atomic mass is 35.5. The molecule has 1 atom stereocenters. The van der Waals surface area contributed by atoms with Crippen molar-refractivity contribution in [3.05, 3.63) is 63.7 Å². The van der Waals surface area contributed by atoms with Crippen LogP contribution in [0.15, 0.2) is 41.5 Å². The fourth-order valence-electron chi connectivity index (χ4n) is 2.44. The second-order valence-corrected chi connectivity index (χ2v) is 6.20. The lowest BCUT2D eigenvalue weighted by molar-refractivity contribution is -0.127. The zero-order valence-corrected chi connectivity index (χ0v) is 15.0. The van der Waals surface area contributed by atoms with Crippen molar-refractivity contribution in [2.45, 2.75) is 33.8 Å². The molecule has 126 valence electrons. The molecule has 2 rings (SSSR count). The number of halogens is 1. The Morgan fingerprint density at radius 2 is 1.88 bits per heavy atom. The monoisotopic (exact) mass is 344 g/mol. The van der Waals surface area contributed by atoms with E-state index in [4.69, 9.17) is 16.3 Å². The SMILES string of the molecule is Cc1cc(C)c(/C=N/NC(=O)C(C)Oc2cccc(Cl)c2)c(C)c1. The zero-order valence-electron chi connectivity index (χ0n) is 14.3. The van der Waals surface area contributed by atoms with Gasteiger partial charge in [0.1, 0.15) is 5.75 Å². The zero-order chi connectivity index (χ0) is 17.7. The number of benzene rings is 2. The van der Waals surface area contributed by atoms with Crippen LogP contribution in [0.4, 0.5) is 0 Å². The molecule has 0 aliphatic carbocycles. The molecule has 0 spiro atoms. The maximum atomic E-state index is 12.1. The van der Waals surface area contributed by atoms with Crippen molar-refractivity contribution in [2.24, 2.45) is 5.10 Å². The van der Waals surface area contributed by atoms with Crippen LogP contribution in [-0.4, -0.2) is 18.2 Å². The maximum Gasteiger partial charge on any atom is 0.280 e. The molecule has 0 radical (unpaired) electrons. The predicted octanol–water partition coefficient (Wildman–Crippen LogP) is 4.18. The number of nitrogens with zero attached hydrogens (tertiary/aromatic N) is 1. The Hall–Kier alpha value is -2.33. The van der Waals surface area contributed by atoms with E-state index in [1.54, 1.807) is 37.4 Å². The molecule has 1 amide bonds. The predicted molar refractivity (Wildman–Crippen MR) is 97.9 cm³/mol. The highest BCUT2D eigenvalue weighted by Crippen LogP contribution is 2.18. The van der Waals surface area contributed by atoms with Crippen LogP contribution in [-0.2, 0) is 4.79 Å². The van der Waals surface area contributed by atoms with E-state index in [1.807, 2.05) is 13.8 Å². The van der Waals surface area contributed by atoms with Gasteiger partial charge in [0, 0.05) is 10.6 Å². The Morgan fingerprint density at radius 1 is 1.21 bits per heavy atom. The second kappa shape index (κ2) is 7.97. The van der Waals surface area contributed by atoms with E-state index in [-0.39, 0.29) is 5.91 Å². The molecule has 1 N–H and O–H groups in total. The van der Waals surface area contributed by atoms with Crippen LogP contribution >= 0.6 is 11.6 Å². The number of hydrogen-bond acceptors (Lipinski definition) is 3. The van der Waals surface area contributed by atoms with Crippen LogP contribution in [0.1, 0.15) is 29.2 Å². The summed E-state index contributed by atoms with van der Waals surface area (Å²) in [4.78, 5) is 12.1. The molecular formula is C19H21ClN2O2. The van der Waals surface area contributed by atoms with Gasteiger partial charge in [-0.25, -0.2) is 5.43 Å². The van der Waals surface area contributed by atoms with Gasteiger partial charge in [0.05, 0.1) is 6.21 Å². The van der Waals surface area contributed by atoms with Gasteiger partial charge in [-0.2, -0.15) is 5.10 Å². The first-order valence-electron chi connectivity index (χ1n) is 7.70. The standard InChI is InChI=1S/C19H21ClN2O2/c1-12-8-13(2)18(14(3)9-12)11-21-22-19(23)15(4)24-17-7-5-6-16(20)10-17/h5-11,15H,1-4H3,(H,22,23)/b21-11+. The molecule has 0 saturated carbocycles. The molecule has 5 heteroatoms. The van der Waals surface area contributed by atoms with Crippen molar-refractivity contribution in [3.63, 3.8) is 0 Å². The minimum atomic E-state index is -0.680. The van der Waals surface area contributed by atoms with E-state index < -0.39 is 6.10 Å². The number of ether oxygens (including phenoxy) is 1. The Balaban J connectivity index is 1.97. The Labute approximate surface area is 147 Å². The fraction of sp³-hybridized carbons (Fsp3) is 0.263. The molecule has 0 fully saturated rings. The van der Waals surface area contributed by atoms with E-state index in [9.17, 15) is 4.79 Å². The van der Waals surface area contributed by atoms with Gasteiger partial charge < -0.3 is 4.74 Å². The van der Waals surface area contributed by atoms with Gasteiger partial charge in [0.25, 0.3) is 5.91 Å². The van der Waals surface area contributed by atoms with Gasteiger partial charge in [-0.3, -0.25) is 4.79 Å². The number of carbonyl (C=O) groups excluding carboxylic acids is 1. The summed E-state index contributed by atoms with van der Waals surface area (Å²) in [5, 5.41) is 4.60. The summed E-state index contributed by atoms with van der Waals surface area (Å²) < 4.78 is 5.55. The van der Waals surface area contributed by atoms with Gasteiger partial charge in [-0.15, -0.1) is 0 Å². The van der Waals surface area contributed by atoms with E-state index in [0.717, 1.165) is 16.7 Å².